The first-order chi connectivity index (χ1) is 5.06. The summed E-state index contributed by atoms with van der Waals surface area (Å²) in [5.74, 6) is 0.0152. The molecule has 64 valence electrons. The molecular formula is C5H9NO4S. The summed E-state index contributed by atoms with van der Waals surface area (Å²) in [7, 11) is -3.19. The van der Waals surface area contributed by atoms with E-state index in [4.69, 9.17) is 0 Å². The number of nitrogens with one attached hydrogen (secondary N) is 1. The topological polar surface area (TPSA) is 72.5 Å². The zero-order chi connectivity index (χ0) is 8.48. The predicted molar refractivity (Wildman–Crippen MR) is 37.7 cm³/mol. The van der Waals surface area contributed by atoms with Gasteiger partial charge in [-0.05, 0) is 0 Å². The smallest absolute Gasteiger partial charge is 0.408 e. The lowest BCUT2D eigenvalue weighted by Gasteiger charge is -2.05. The first-order valence-corrected chi connectivity index (χ1v) is 4.92. The molecular weight excluding hydrogens is 170 g/mol. The van der Waals surface area contributed by atoms with Gasteiger partial charge in [0.25, 0.3) is 0 Å². The van der Waals surface area contributed by atoms with E-state index in [1.165, 1.54) is 6.92 Å². The van der Waals surface area contributed by atoms with Gasteiger partial charge in [0, 0.05) is 5.75 Å². The lowest BCUT2D eigenvalue weighted by Crippen LogP contribution is -2.35. The SMILES string of the molecule is CCS(=O)(=O)C1COC(=O)N1. The number of alkyl carbamates (subject to hydrolysis) is 1. The van der Waals surface area contributed by atoms with Gasteiger partial charge in [-0.25, -0.2) is 13.2 Å². The van der Waals surface area contributed by atoms with Crippen LogP contribution in [0.2, 0.25) is 0 Å². The van der Waals surface area contributed by atoms with Crippen molar-refractivity contribution in [1.29, 1.82) is 0 Å². The fourth-order valence-electron chi connectivity index (χ4n) is 0.761. The number of carbonyl (C=O) groups excluding carboxylic acids is 1. The van der Waals surface area contributed by atoms with Crippen molar-refractivity contribution in [3.8, 4) is 0 Å². The molecule has 0 aromatic carbocycles. The van der Waals surface area contributed by atoms with Crippen LogP contribution in [0.1, 0.15) is 6.92 Å². The van der Waals surface area contributed by atoms with Gasteiger partial charge in [-0.2, -0.15) is 0 Å². The third-order valence-corrected chi connectivity index (χ3v) is 3.41. The van der Waals surface area contributed by atoms with Crippen LogP contribution in [0.25, 0.3) is 0 Å². The van der Waals surface area contributed by atoms with E-state index in [9.17, 15) is 13.2 Å². The minimum absolute atomic E-state index is 0.0152. The zero-order valence-corrected chi connectivity index (χ0v) is 6.85. The normalized spacial score (nSPS) is 24.5. The lowest BCUT2D eigenvalue weighted by molar-refractivity contribution is 0.178. The fourth-order valence-corrected chi connectivity index (χ4v) is 1.71. The third kappa shape index (κ3) is 1.62. The van der Waals surface area contributed by atoms with E-state index in [0.717, 1.165) is 0 Å². The minimum Gasteiger partial charge on any atom is -0.446 e. The molecule has 5 nitrogen and oxygen atoms in total. The summed E-state index contributed by atoms with van der Waals surface area (Å²) < 4.78 is 26.5. The Hall–Kier alpha value is -0.780. The maximum Gasteiger partial charge on any atom is 0.408 e. The Bertz CT molecular complexity index is 258. The Labute approximate surface area is 64.6 Å². The molecule has 1 rings (SSSR count). The standard InChI is InChI=1S/C5H9NO4S/c1-2-11(8,9)4-3-10-5(7)6-4/h4H,2-3H2,1H3,(H,6,7). The van der Waals surface area contributed by atoms with Gasteiger partial charge in [0.05, 0.1) is 0 Å². The van der Waals surface area contributed by atoms with Crippen molar-refractivity contribution in [3.63, 3.8) is 0 Å². The van der Waals surface area contributed by atoms with Gasteiger partial charge >= 0.3 is 6.09 Å². The number of hydrogen-bond acceptors (Lipinski definition) is 4. The molecule has 1 fully saturated rings. The van der Waals surface area contributed by atoms with Crippen molar-refractivity contribution in [2.45, 2.75) is 12.3 Å². The monoisotopic (exact) mass is 179 g/mol. The summed E-state index contributed by atoms with van der Waals surface area (Å²) in [6.45, 7) is 1.45. The van der Waals surface area contributed by atoms with Crippen LogP contribution in [-0.4, -0.2) is 32.2 Å². The predicted octanol–water partition coefficient (Wildman–Crippen LogP) is -0.513. The van der Waals surface area contributed by atoms with E-state index in [2.05, 4.69) is 10.1 Å². The highest BCUT2D eigenvalue weighted by molar-refractivity contribution is 7.92. The lowest BCUT2D eigenvalue weighted by atomic mass is 10.7. The Kier molecular flexibility index (Phi) is 2.03. The van der Waals surface area contributed by atoms with Crippen molar-refractivity contribution in [3.05, 3.63) is 0 Å². The molecule has 0 spiro atoms. The highest BCUT2D eigenvalue weighted by Crippen LogP contribution is 2.05. The number of carbonyl (C=O) groups is 1. The molecule has 0 radical (unpaired) electrons. The van der Waals surface area contributed by atoms with Gasteiger partial charge in [-0.15, -0.1) is 0 Å². The molecule has 0 aromatic heterocycles. The molecule has 0 bridgehead atoms. The molecule has 1 heterocycles. The van der Waals surface area contributed by atoms with Crippen LogP contribution in [0, 0.1) is 0 Å². The summed E-state index contributed by atoms with van der Waals surface area (Å²) in [5.41, 5.74) is 0. The van der Waals surface area contributed by atoms with Gasteiger partial charge in [0.1, 0.15) is 6.61 Å². The number of ether oxygens (including phenoxy) is 1. The number of cyclic esters (lactones) is 1. The van der Waals surface area contributed by atoms with Crippen molar-refractivity contribution >= 4 is 15.9 Å². The Morgan fingerprint density at radius 2 is 2.36 bits per heavy atom. The molecule has 0 aliphatic carbocycles. The number of hydrogen-bond donors (Lipinski definition) is 1. The third-order valence-electron chi connectivity index (χ3n) is 1.48. The Morgan fingerprint density at radius 1 is 1.73 bits per heavy atom. The molecule has 6 heteroatoms. The molecule has 1 aliphatic rings. The van der Waals surface area contributed by atoms with Crippen LogP contribution in [0.15, 0.2) is 0 Å². The second-order valence-corrected chi connectivity index (χ2v) is 4.66. The number of amides is 1. The Morgan fingerprint density at radius 3 is 2.73 bits per heavy atom. The molecule has 0 saturated carbocycles. The van der Waals surface area contributed by atoms with Gasteiger partial charge < -0.3 is 10.1 Å². The number of rotatable bonds is 2. The maximum atomic E-state index is 11.1. The van der Waals surface area contributed by atoms with Crippen LogP contribution in [-0.2, 0) is 14.6 Å². The summed E-state index contributed by atoms with van der Waals surface area (Å²) >= 11 is 0. The van der Waals surface area contributed by atoms with Gasteiger partial charge in [0.2, 0.25) is 0 Å². The fraction of sp³-hybridized carbons (Fsp3) is 0.800. The minimum atomic E-state index is -3.19. The molecule has 1 aliphatic heterocycles. The average molecular weight is 179 g/mol. The van der Waals surface area contributed by atoms with Gasteiger partial charge in [-0.1, -0.05) is 6.92 Å². The summed E-state index contributed by atoms with van der Waals surface area (Å²) in [4.78, 5) is 10.4. The van der Waals surface area contributed by atoms with Crippen LogP contribution < -0.4 is 5.32 Å². The van der Waals surface area contributed by atoms with Crippen molar-refractivity contribution < 1.29 is 17.9 Å². The second kappa shape index (κ2) is 2.69. The largest absolute Gasteiger partial charge is 0.446 e. The molecule has 1 amide bonds. The summed E-state index contributed by atoms with van der Waals surface area (Å²) in [6.07, 6.45) is -0.660. The van der Waals surface area contributed by atoms with Gasteiger partial charge in [-0.3, -0.25) is 0 Å². The van der Waals surface area contributed by atoms with Crippen LogP contribution in [0.4, 0.5) is 4.79 Å². The van der Waals surface area contributed by atoms with Crippen LogP contribution >= 0.6 is 0 Å². The molecule has 0 aromatic rings. The van der Waals surface area contributed by atoms with E-state index >= 15 is 0 Å². The molecule has 1 N–H and O–H groups in total. The molecule has 1 unspecified atom stereocenters. The molecule has 11 heavy (non-hydrogen) atoms. The second-order valence-electron chi connectivity index (χ2n) is 2.18. The highest BCUT2D eigenvalue weighted by atomic mass is 32.2. The molecule has 1 atom stereocenters. The zero-order valence-electron chi connectivity index (χ0n) is 6.03. The van der Waals surface area contributed by atoms with Crippen molar-refractivity contribution in [2.24, 2.45) is 0 Å². The van der Waals surface area contributed by atoms with Crippen LogP contribution in [0.3, 0.4) is 0 Å². The van der Waals surface area contributed by atoms with E-state index in [1.54, 1.807) is 0 Å². The van der Waals surface area contributed by atoms with Crippen molar-refractivity contribution in [2.75, 3.05) is 12.4 Å². The first kappa shape index (κ1) is 8.32. The quantitative estimate of drug-likeness (QED) is 0.619. The van der Waals surface area contributed by atoms with E-state index in [0.29, 0.717) is 0 Å². The van der Waals surface area contributed by atoms with Gasteiger partial charge in [0.15, 0.2) is 15.2 Å². The van der Waals surface area contributed by atoms with E-state index < -0.39 is 21.3 Å². The van der Waals surface area contributed by atoms with E-state index in [1.807, 2.05) is 0 Å². The summed E-state index contributed by atoms with van der Waals surface area (Å²) in [5, 5.41) is 1.35. The summed E-state index contributed by atoms with van der Waals surface area (Å²) in [6, 6.07) is 0. The Balaban J connectivity index is 2.71. The van der Waals surface area contributed by atoms with Crippen LogP contribution in [0.5, 0.6) is 0 Å². The number of sulfone groups is 1. The molecule has 1 saturated heterocycles. The van der Waals surface area contributed by atoms with E-state index in [-0.39, 0.29) is 12.4 Å². The van der Waals surface area contributed by atoms with Crippen molar-refractivity contribution in [1.82, 2.24) is 5.32 Å². The average Bonchev–Trinajstić information content (AvgIpc) is 2.36. The highest BCUT2D eigenvalue weighted by Gasteiger charge is 2.32. The first-order valence-electron chi connectivity index (χ1n) is 3.21. The maximum absolute atomic E-state index is 11.1.